The van der Waals surface area contributed by atoms with E-state index in [1.54, 1.807) is 12.1 Å². The zero-order valence-corrected chi connectivity index (χ0v) is 13.9. The van der Waals surface area contributed by atoms with Gasteiger partial charge in [0, 0.05) is 24.7 Å². The van der Waals surface area contributed by atoms with E-state index in [9.17, 15) is 19.7 Å². The summed E-state index contributed by atoms with van der Waals surface area (Å²) >= 11 is 0. The highest BCUT2D eigenvalue weighted by atomic mass is 16.5. The van der Waals surface area contributed by atoms with E-state index >= 15 is 0 Å². The minimum Gasteiger partial charge on any atom is -0.535 e. The predicted molar refractivity (Wildman–Crippen MR) is 90.6 cm³/mol. The third kappa shape index (κ3) is 4.20. The van der Waals surface area contributed by atoms with Gasteiger partial charge in [0.15, 0.2) is 0 Å². The van der Waals surface area contributed by atoms with Crippen molar-refractivity contribution in [3.05, 3.63) is 29.3 Å². The average molecular weight is 347 g/mol. The first kappa shape index (κ1) is 17.9. The molecule has 0 bridgehead atoms. The van der Waals surface area contributed by atoms with Crippen LogP contribution in [0.25, 0.3) is 0 Å². The number of carbonyl (C=O) groups excluding carboxylic acids is 1. The Labute approximate surface area is 146 Å². The van der Waals surface area contributed by atoms with Gasteiger partial charge in [0.05, 0.1) is 18.3 Å². The van der Waals surface area contributed by atoms with E-state index in [-0.39, 0.29) is 35.7 Å². The van der Waals surface area contributed by atoms with Crippen LogP contribution in [-0.4, -0.2) is 47.8 Å². The zero-order valence-electron chi connectivity index (χ0n) is 13.9. The first-order valence-corrected chi connectivity index (χ1v) is 8.53. The van der Waals surface area contributed by atoms with E-state index in [0.717, 1.165) is 12.8 Å². The number of Topliss-reactive ketones (excluding diaryl/α,β-unsaturated/α-hetero) is 1. The highest BCUT2D eigenvalue weighted by Crippen LogP contribution is 2.36. The van der Waals surface area contributed by atoms with Gasteiger partial charge < -0.3 is 25.3 Å². The number of fused-ring (bicyclic) bond motifs is 1. The normalized spacial score (nSPS) is 25.8. The van der Waals surface area contributed by atoms with Crippen LogP contribution in [0.3, 0.4) is 0 Å². The van der Waals surface area contributed by atoms with Crippen LogP contribution in [0.1, 0.15) is 41.6 Å². The van der Waals surface area contributed by atoms with Crippen molar-refractivity contribution < 1.29 is 29.1 Å². The van der Waals surface area contributed by atoms with Gasteiger partial charge in [-0.05, 0) is 30.9 Å². The van der Waals surface area contributed by atoms with E-state index in [1.807, 2.05) is 0 Å². The number of benzene rings is 1. The number of ether oxygens (including phenoxy) is 1. The van der Waals surface area contributed by atoms with Gasteiger partial charge >= 0.3 is 13.1 Å². The van der Waals surface area contributed by atoms with Crippen LogP contribution in [-0.2, 0) is 16.0 Å². The molecule has 0 saturated carbocycles. The maximum Gasteiger partial charge on any atom is 0.526 e. The molecule has 8 heteroatoms. The molecule has 1 fully saturated rings. The van der Waals surface area contributed by atoms with Gasteiger partial charge in [0.25, 0.3) is 0 Å². The molecule has 2 aliphatic heterocycles. The summed E-state index contributed by atoms with van der Waals surface area (Å²) in [7, 11) is -1.20. The number of hydrogen-bond donors (Lipinski definition) is 3. The maximum absolute atomic E-state index is 12.3. The fraction of sp³-hybridized carbons (Fsp3) is 0.529. The Balaban J connectivity index is 1.61. The summed E-state index contributed by atoms with van der Waals surface area (Å²) in [6.45, 7) is 0.471. The van der Waals surface area contributed by atoms with Crippen molar-refractivity contribution >= 4 is 18.9 Å². The number of carboxylic acids is 1. The van der Waals surface area contributed by atoms with Gasteiger partial charge in [-0.1, -0.05) is 12.1 Å². The molecule has 2 heterocycles. The number of para-hydroxylation sites is 1. The topological polar surface area (TPSA) is 119 Å². The van der Waals surface area contributed by atoms with Crippen molar-refractivity contribution in [2.45, 2.75) is 50.1 Å². The molecule has 2 unspecified atom stereocenters. The van der Waals surface area contributed by atoms with Gasteiger partial charge in [-0.15, -0.1) is 0 Å². The molecule has 1 aromatic carbocycles. The molecule has 0 aliphatic carbocycles. The second kappa shape index (κ2) is 7.55. The second-order valence-electron chi connectivity index (χ2n) is 6.81. The van der Waals surface area contributed by atoms with Crippen LogP contribution in [0.15, 0.2) is 18.2 Å². The molecule has 1 aromatic rings. The van der Waals surface area contributed by atoms with Crippen molar-refractivity contribution in [3.63, 3.8) is 0 Å². The summed E-state index contributed by atoms with van der Waals surface area (Å²) in [4.78, 5) is 23.6. The lowest BCUT2D eigenvalue weighted by Gasteiger charge is -2.29. The third-order valence-electron chi connectivity index (χ3n) is 4.80. The zero-order chi connectivity index (χ0) is 18.0. The number of aromatic carboxylic acids is 1. The molecule has 2 aliphatic rings. The van der Waals surface area contributed by atoms with E-state index in [0.29, 0.717) is 25.0 Å². The Morgan fingerprint density at radius 1 is 1.28 bits per heavy atom. The number of ketones is 1. The Hall–Kier alpha value is -1.90. The smallest absolute Gasteiger partial charge is 0.526 e. The lowest BCUT2D eigenvalue weighted by molar-refractivity contribution is -0.123. The number of hydrogen-bond acceptors (Lipinski definition) is 6. The lowest BCUT2D eigenvalue weighted by Crippen LogP contribution is -2.38. The van der Waals surface area contributed by atoms with Crippen molar-refractivity contribution in [1.29, 1.82) is 0 Å². The van der Waals surface area contributed by atoms with E-state index < -0.39 is 18.9 Å². The third-order valence-corrected chi connectivity index (χ3v) is 4.80. The van der Waals surface area contributed by atoms with Gasteiger partial charge in [0.1, 0.15) is 11.5 Å². The molecule has 0 aromatic heterocycles. The number of rotatable bonds is 5. The summed E-state index contributed by atoms with van der Waals surface area (Å²) in [5, 5.41) is 19.4. The molecule has 0 spiro atoms. The Kier molecular flexibility index (Phi) is 5.41. The predicted octanol–water partition coefficient (Wildman–Crippen LogP) is 1.03. The largest absolute Gasteiger partial charge is 0.535 e. The Morgan fingerprint density at radius 3 is 2.76 bits per heavy atom. The van der Waals surface area contributed by atoms with Crippen LogP contribution in [0, 0.1) is 0 Å². The first-order chi connectivity index (χ1) is 11.9. The molecule has 7 nitrogen and oxygen atoms in total. The molecule has 1 saturated heterocycles. The van der Waals surface area contributed by atoms with Crippen molar-refractivity contribution in [1.82, 2.24) is 0 Å². The Bertz CT molecular complexity index is 659. The molecule has 134 valence electrons. The first-order valence-electron chi connectivity index (χ1n) is 8.53. The molecule has 3 rings (SSSR count). The molecular weight excluding hydrogens is 325 g/mol. The van der Waals surface area contributed by atoms with Gasteiger partial charge in [0.2, 0.25) is 0 Å². The molecule has 4 N–H and O–H groups in total. The summed E-state index contributed by atoms with van der Waals surface area (Å²) in [5.41, 5.74) is 6.49. The van der Waals surface area contributed by atoms with Gasteiger partial charge in [-0.3, -0.25) is 4.79 Å². The van der Waals surface area contributed by atoms with Gasteiger partial charge in [-0.2, -0.15) is 0 Å². The summed E-state index contributed by atoms with van der Waals surface area (Å²) in [6.07, 6.45) is 2.38. The average Bonchev–Trinajstić information content (AvgIpc) is 2.57. The van der Waals surface area contributed by atoms with E-state index in [2.05, 4.69) is 0 Å². The highest BCUT2D eigenvalue weighted by Gasteiger charge is 2.38. The summed E-state index contributed by atoms with van der Waals surface area (Å²) in [6, 6.07) is 4.88. The minimum absolute atomic E-state index is 0.00552. The van der Waals surface area contributed by atoms with Crippen molar-refractivity contribution in [2.75, 3.05) is 6.61 Å². The Morgan fingerprint density at radius 2 is 2.08 bits per heavy atom. The number of nitrogens with two attached hydrogens (primary N) is 1. The standard InChI is InChI=1S/C17H22BNO6/c19-12-4-5-14(24-9-12)8-13(20)7-11-6-10-2-1-3-15(17(21)22)16(10)25-18(11)23/h1-3,11-12,14,23H,4-9,19H2,(H,21,22)/t11-,12?,14?/m1/s1. The van der Waals surface area contributed by atoms with Crippen LogP contribution in [0.4, 0.5) is 0 Å². The highest BCUT2D eigenvalue weighted by molar-refractivity contribution is 6.47. The van der Waals surface area contributed by atoms with Crippen molar-refractivity contribution in [3.8, 4) is 5.75 Å². The fourth-order valence-corrected chi connectivity index (χ4v) is 3.44. The van der Waals surface area contributed by atoms with E-state index in [4.69, 9.17) is 15.1 Å². The SMILES string of the molecule is NC1CCC(CC(=O)C[C@H]2Cc3cccc(C(=O)O)c3OB2O)OC1. The summed E-state index contributed by atoms with van der Waals surface area (Å²) < 4.78 is 11.0. The molecular formula is C17H22BNO6. The van der Waals surface area contributed by atoms with E-state index in [1.165, 1.54) is 6.07 Å². The molecule has 25 heavy (non-hydrogen) atoms. The summed E-state index contributed by atoms with van der Waals surface area (Å²) in [5.74, 6) is -1.30. The fourth-order valence-electron chi connectivity index (χ4n) is 3.44. The minimum atomic E-state index is -1.20. The molecule has 0 radical (unpaired) electrons. The quantitative estimate of drug-likeness (QED) is 0.681. The van der Waals surface area contributed by atoms with Gasteiger partial charge in [-0.25, -0.2) is 4.79 Å². The van der Waals surface area contributed by atoms with Crippen LogP contribution >= 0.6 is 0 Å². The molecule has 0 amide bonds. The number of carbonyl (C=O) groups is 2. The molecule has 3 atom stereocenters. The van der Waals surface area contributed by atoms with Crippen LogP contribution in [0.2, 0.25) is 5.82 Å². The monoisotopic (exact) mass is 347 g/mol. The lowest BCUT2D eigenvalue weighted by atomic mass is 9.64. The second-order valence-corrected chi connectivity index (χ2v) is 6.81. The van der Waals surface area contributed by atoms with Crippen LogP contribution in [0.5, 0.6) is 5.75 Å². The van der Waals surface area contributed by atoms with Crippen molar-refractivity contribution in [2.24, 2.45) is 5.73 Å². The number of carboxylic acid groups (broad SMARTS) is 1. The maximum atomic E-state index is 12.3. The van der Waals surface area contributed by atoms with Crippen LogP contribution < -0.4 is 10.4 Å².